The normalized spacial score (nSPS) is 25.9. The van der Waals surface area contributed by atoms with E-state index in [-0.39, 0.29) is 0 Å². The van der Waals surface area contributed by atoms with E-state index in [1.165, 1.54) is 14.2 Å². The van der Waals surface area contributed by atoms with Crippen LogP contribution in [0.3, 0.4) is 0 Å². The topological polar surface area (TPSA) is 108 Å². The molecule has 0 unspecified atom stereocenters. The molecule has 2 amide bonds. The second-order valence-corrected chi connectivity index (χ2v) is 6.27. The number of ether oxygens (including phenoxy) is 4. The lowest BCUT2D eigenvalue weighted by molar-refractivity contribution is -0.192. The van der Waals surface area contributed by atoms with Crippen molar-refractivity contribution in [3.8, 4) is 5.75 Å². The van der Waals surface area contributed by atoms with Crippen LogP contribution in [0.15, 0.2) is 24.3 Å². The van der Waals surface area contributed by atoms with Crippen molar-refractivity contribution >= 4 is 23.8 Å². The summed E-state index contributed by atoms with van der Waals surface area (Å²) in [5.41, 5.74) is -1.84. The smallest absolute Gasteiger partial charge is 0.350 e. The summed E-state index contributed by atoms with van der Waals surface area (Å²) in [5, 5.41) is 0. The van der Waals surface area contributed by atoms with Crippen molar-refractivity contribution in [1.29, 1.82) is 0 Å². The van der Waals surface area contributed by atoms with Gasteiger partial charge in [-0.2, -0.15) is 0 Å². The molecule has 9 heteroatoms. The molecule has 0 N–H and O–H groups in total. The number of fused-ring (bicyclic) bond motifs is 1. The molecule has 2 heterocycles. The van der Waals surface area contributed by atoms with Gasteiger partial charge in [-0.15, -0.1) is 0 Å². The van der Waals surface area contributed by atoms with Gasteiger partial charge < -0.3 is 18.9 Å². The SMILES string of the molecule is COC(=O)C1(C(=O)OC)O[C@H](c2ccc(OC)cc2)[C@H]2C(=O)N(C)C(=O)[C@H]21. The first-order valence-electron chi connectivity index (χ1n) is 8.13. The molecule has 2 saturated heterocycles. The van der Waals surface area contributed by atoms with E-state index in [9.17, 15) is 19.2 Å². The highest BCUT2D eigenvalue weighted by atomic mass is 16.6. The van der Waals surface area contributed by atoms with Gasteiger partial charge in [0, 0.05) is 7.05 Å². The average Bonchev–Trinajstić information content (AvgIpc) is 3.17. The Labute approximate surface area is 155 Å². The van der Waals surface area contributed by atoms with Crippen LogP contribution in [0.2, 0.25) is 0 Å². The summed E-state index contributed by atoms with van der Waals surface area (Å²) in [5.74, 6) is -5.27. The third kappa shape index (κ3) is 2.49. The van der Waals surface area contributed by atoms with Crippen LogP contribution in [0.1, 0.15) is 11.7 Å². The maximum absolute atomic E-state index is 12.7. The van der Waals surface area contributed by atoms with Crippen molar-refractivity contribution in [3.63, 3.8) is 0 Å². The predicted octanol–water partition coefficient (Wildman–Crippen LogP) is 0.0823. The molecule has 1 aromatic carbocycles. The predicted molar refractivity (Wildman–Crippen MR) is 88.3 cm³/mol. The molecule has 3 rings (SSSR count). The van der Waals surface area contributed by atoms with E-state index in [2.05, 4.69) is 0 Å². The molecule has 27 heavy (non-hydrogen) atoms. The number of hydrogen-bond donors (Lipinski definition) is 0. The molecule has 0 bridgehead atoms. The number of methoxy groups -OCH3 is 3. The second kappa shape index (κ2) is 6.66. The molecule has 0 saturated carbocycles. The zero-order valence-corrected chi connectivity index (χ0v) is 15.3. The summed E-state index contributed by atoms with van der Waals surface area (Å²) in [7, 11) is 4.94. The summed E-state index contributed by atoms with van der Waals surface area (Å²) in [4.78, 5) is 51.5. The van der Waals surface area contributed by atoms with Crippen LogP contribution in [0.5, 0.6) is 5.75 Å². The highest BCUT2D eigenvalue weighted by Crippen LogP contribution is 2.53. The van der Waals surface area contributed by atoms with Crippen molar-refractivity contribution in [1.82, 2.24) is 4.90 Å². The van der Waals surface area contributed by atoms with Crippen LogP contribution < -0.4 is 4.74 Å². The van der Waals surface area contributed by atoms with E-state index >= 15 is 0 Å². The molecule has 0 aliphatic carbocycles. The molecule has 3 atom stereocenters. The maximum Gasteiger partial charge on any atom is 0.350 e. The summed E-state index contributed by atoms with van der Waals surface area (Å²) in [6, 6.07) is 6.58. The fourth-order valence-corrected chi connectivity index (χ4v) is 3.72. The van der Waals surface area contributed by atoms with E-state index in [0.717, 1.165) is 19.1 Å². The van der Waals surface area contributed by atoms with Crippen LogP contribution in [-0.2, 0) is 33.4 Å². The number of hydrogen-bond acceptors (Lipinski definition) is 8. The van der Waals surface area contributed by atoms with Crippen LogP contribution >= 0.6 is 0 Å². The minimum atomic E-state index is -2.35. The van der Waals surface area contributed by atoms with Gasteiger partial charge in [-0.25, -0.2) is 9.59 Å². The summed E-state index contributed by atoms with van der Waals surface area (Å²) < 4.78 is 20.4. The lowest BCUT2D eigenvalue weighted by Gasteiger charge is -2.28. The highest BCUT2D eigenvalue weighted by Gasteiger charge is 2.74. The fraction of sp³-hybridized carbons (Fsp3) is 0.444. The Balaban J connectivity index is 2.16. The quantitative estimate of drug-likeness (QED) is 0.412. The van der Waals surface area contributed by atoms with Crippen molar-refractivity contribution < 1.29 is 38.1 Å². The molecule has 0 aromatic heterocycles. The van der Waals surface area contributed by atoms with Crippen LogP contribution in [0.25, 0.3) is 0 Å². The van der Waals surface area contributed by atoms with Gasteiger partial charge in [0.15, 0.2) is 0 Å². The standard InChI is InChI=1S/C18H19NO8/c1-19-14(20)11-12(15(19)21)18(16(22)25-3,17(23)26-4)27-13(11)9-5-7-10(24-2)8-6-9/h5-8,11-13H,1-4H3/t11-,12-,13+/m0/s1. The second-order valence-electron chi connectivity index (χ2n) is 6.27. The molecule has 0 spiro atoms. The van der Waals surface area contributed by atoms with Gasteiger partial charge in [-0.3, -0.25) is 14.5 Å². The lowest BCUT2D eigenvalue weighted by Crippen LogP contribution is -2.55. The van der Waals surface area contributed by atoms with Gasteiger partial charge in [-0.1, -0.05) is 12.1 Å². The number of likely N-dealkylation sites (tertiary alicyclic amines) is 1. The Morgan fingerprint density at radius 3 is 2.04 bits per heavy atom. The van der Waals surface area contributed by atoms with E-state index in [1.54, 1.807) is 24.3 Å². The molecule has 2 fully saturated rings. The third-order valence-corrected chi connectivity index (χ3v) is 5.07. The van der Waals surface area contributed by atoms with Gasteiger partial charge >= 0.3 is 11.9 Å². The molecule has 0 radical (unpaired) electrons. The summed E-state index contributed by atoms with van der Waals surface area (Å²) in [6.07, 6.45) is -1.01. The Kier molecular flexibility index (Phi) is 4.64. The first-order valence-corrected chi connectivity index (χ1v) is 8.13. The average molecular weight is 377 g/mol. The number of amides is 2. The molecular weight excluding hydrogens is 358 g/mol. The molecular formula is C18H19NO8. The van der Waals surface area contributed by atoms with E-state index < -0.39 is 47.3 Å². The van der Waals surface area contributed by atoms with Crippen LogP contribution in [0.4, 0.5) is 0 Å². The molecule has 144 valence electrons. The molecule has 1 aromatic rings. The minimum absolute atomic E-state index is 0.511. The molecule has 9 nitrogen and oxygen atoms in total. The van der Waals surface area contributed by atoms with Crippen molar-refractivity contribution in [3.05, 3.63) is 29.8 Å². The lowest BCUT2D eigenvalue weighted by atomic mass is 9.79. The highest BCUT2D eigenvalue weighted by molar-refractivity contribution is 6.15. The third-order valence-electron chi connectivity index (χ3n) is 5.07. The summed E-state index contributed by atoms with van der Waals surface area (Å²) >= 11 is 0. The molecule has 2 aliphatic heterocycles. The van der Waals surface area contributed by atoms with E-state index in [1.807, 2.05) is 0 Å². The Hall–Kier alpha value is -2.94. The van der Waals surface area contributed by atoms with Crippen molar-refractivity contribution in [2.24, 2.45) is 11.8 Å². The monoisotopic (exact) mass is 377 g/mol. The maximum atomic E-state index is 12.7. The van der Waals surface area contributed by atoms with Gasteiger partial charge in [0.05, 0.1) is 33.4 Å². The molecule has 2 aliphatic rings. The minimum Gasteiger partial charge on any atom is -0.497 e. The number of nitrogens with zero attached hydrogens (tertiary/aromatic N) is 1. The van der Waals surface area contributed by atoms with Gasteiger partial charge in [0.25, 0.3) is 5.60 Å². The number of imide groups is 1. The fourth-order valence-electron chi connectivity index (χ4n) is 3.72. The zero-order chi connectivity index (χ0) is 19.9. The van der Waals surface area contributed by atoms with Gasteiger partial charge in [-0.05, 0) is 17.7 Å². The van der Waals surface area contributed by atoms with Crippen molar-refractivity contribution in [2.75, 3.05) is 28.4 Å². The number of carbonyl (C=O) groups excluding carboxylic acids is 4. The number of rotatable bonds is 4. The van der Waals surface area contributed by atoms with Crippen molar-refractivity contribution in [2.45, 2.75) is 11.7 Å². The van der Waals surface area contributed by atoms with Gasteiger partial charge in [0.1, 0.15) is 11.7 Å². The number of benzene rings is 1. The zero-order valence-electron chi connectivity index (χ0n) is 15.3. The summed E-state index contributed by atoms with van der Waals surface area (Å²) in [6.45, 7) is 0. The first kappa shape index (κ1) is 18.8. The van der Waals surface area contributed by atoms with E-state index in [4.69, 9.17) is 18.9 Å². The Bertz CT molecular complexity index is 786. The van der Waals surface area contributed by atoms with Crippen LogP contribution in [-0.4, -0.2) is 62.6 Å². The van der Waals surface area contributed by atoms with E-state index in [0.29, 0.717) is 11.3 Å². The Morgan fingerprint density at radius 2 is 1.56 bits per heavy atom. The number of esters is 2. The Morgan fingerprint density at radius 1 is 1.00 bits per heavy atom. The van der Waals surface area contributed by atoms with Gasteiger partial charge in [0.2, 0.25) is 11.8 Å². The number of carbonyl (C=O) groups is 4. The largest absolute Gasteiger partial charge is 0.497 e. The van der Waals surface area contributed by atoms with Crippen LogP contribution in [0, 0.1) is 11.8 Å². The first-order chi connectivity index (χ1) is 12.8.